The van der Waals surface area contributed by atoms with E-state index in [4.69, 9.17) is 16.7 Å². The van der Waals surface area contributed by atoms with Gasteiger partial charge in [-0.1, -0.05) is 30.3 Å². The van der Waals surface area contributed by atoms with Crippen LogP contribution in [0.15, 0.2) is 30.3 Å². The van der Waals surface area contributed by atoms with Gasteiger partial charge in [-0.25, -0.2) is 0 Å². The minimum Gasteiger partial charge on any atom is -0.394 e. The van der Waals surface area contributed by atoms with Crippen molar-refractivity contribution in [2.45, 2.75) is 18.3 Å². The van der Waals surface area contributed by atoms with Crippen molar-refractivity contribution >= 4 is 17.5 Å². The predicted octanol–water partition coefficient (Wildman–Crippen LogP) is 1.46. The molecule has 0 bridgehead atoms. The Morgan fingerprint density at radius 3 is 2.53 bits per heavy atom. The molecule has 0 unspecified atom stereocenters. The van der Waals surface area contributed by atoms with Crippen molar-refractivity contribution in [2.75, 3.05) is 6.61 Å². The van der Waals surface area contributed by atoms with E-state index >= 15 is 0 Å². The summed E-state index contributed by atoms with van der Waals surface area (Å²) in [4.78, 5) is 11.3. The summed E-state index contributed by atoms with van der Waals surface area (Å²) in [5, 5.41) is 11.2. The quantitative estimate of drug-likeness (QED) is 0.766. The number of hydrogen-bond acceptors (Lipinski definition) is 2. The van der Waals surface area contributed by atoms with Crippen LogP contribution in [0.5, 0.6) is 0 Å². The molecule has 4 heteroatoms. The Labute approximate surface area is 94.1 Å². The third kappa shape index (κ3) is 3.53. The lowest BCUT2D eigenvalue weighted by molar-refractivity contribution is -0.121. The first-order valence-electron chi connectivity index (χ1n) is 4.75. The van der Waals surface area contributed by atoms with Crippen molar-refractivity contribution in [2.24, 2.45) is 0 Å². The Morgan fingerprint density at radius 2 is 2.07 bits per heavy atom. The molecular formula is C11H14ClNO2. The summed E-state index contributed by atoms with van der Waals surface area (Å²) in [6, 6.07) is 8.90. The molecule has 0 radical (unpaired) electrons. The summed E-state index contributed by atoms with van der Waals surface area (Å²) in [6.45, 7) is 1.45. The van der Waals surface area contributed by atoms with Gasteiger partial charge in [0.05, 0.1) is 12.6 Å². The van der Waals surface area contributed by atoms with Crippen LogP contribution in [0.2, 0.25) is 0 Å². The van der Waals surface area contributed by atoms with E-state index in [9.17, 15) is 4.79 Å². The van der Waals surface area contributed by atoms with E-state index in [1.54, 1.807) is 6.92 Å². The van der Waals surface area contributed by atoms with E-state index in [1.165, 1.54) is 0 Å². The minimum atomic E-state index is -0.595. The molecule has 0 saturated heterocycles. The molecule has 82 valence electrons. The van der Waals surface area contributed by atoms with Crippen LogP contribution in [-0.4, -0.2) is 23.0 Å². The molecule has 1 amide bonds. The maximum atomic E-state index is 11.3. The maximum absolute atomic E-state index is 11.3. The van der Waals surface area contributed by atoms with E-state index in [2.05, 4.69) is 5.32 Å². The lowest BCUT2D eigenvalue weighted by atomic mass is 10.1. The molecule has 0 spiro atoms. The van der Waals surface area contributed by atoms with E-state index in [0.717, 1.165) is 5.56 Å². The summed E-state index contributed by atoms with van der Waals surface area (Å²) in [7, 11) is 0. The van der Waals surface area contributed by atoms with Crippen LogP contribution in [0.4, 0.5) is 0 Å². The van der Waals surface area contributed by atoms with Gasteiger partial charge in [0.1, 0.15) is 5.38 Å². The Bertz CT molecular complexity index is 314. The first kappa shape index (κ1) is 12.0. The second-order valence-electron chi connectivity index (χ2n) is 3.27. The molecule has 15 heavy (non-hydrogen) atoms. The van der Waals surface area contributed by atoms with E-state index in [0.29, 0.717) is 0 Å². The van der Waals surface area contributed by atoms with Crippen LogP contribution < -0.4 is 5.32 Å². The monoisotopic (exact) mass is 227 g/mol. The standard InChI is InChI=1S/C11H14ClNO2/c1-8(12)11(15)13-10(7-14)9-5-3-2-4-6-9/h2-6,8,10,14H,7H2,1H3,(H,13,15)/t8-,10-/m1/s1. The molecule has 3 nitrogen and oxygen atoms in total. The van der Waals surface area contributed by atoms with Crippen molar-refractivity contribution in [3.63, 3.8) is 0 Å². The largest absolute Gasteiger partial charge is 0.394 e. The van der Waals surface area contributed by atoms with Gasteiger partial charge in [0.2, 0.25) is 5.91 Å². The molecule has 0 saturated carbocycles. The van der Waals surface area contributed by atoms with Crippen LogP contribution in [0.3, 0.4) is 0 Å². The minimum absolute atomic E-state index is 0.140. The van der Waals surface area contributed by atoms with Gasteiger partial charge in [-0.3, -0.25) is 4.79 Å². The number of aliphatic hydroxyl groups excluding tert-OH is 1. The number of carbonyl (C=O) groups is 1. The van der Waals surface area contributed by atoms with Gasteiger partial charge in [-0.05, 0) is 12.5 Å². The predicted molar refractivity (Wildman–Crippen MR) is 59.7 cm³/mol. The van der Waals surface area contributed by atoms with E-state index in [1.807, 2.05) is 30.3 Å². The Morgan fingerprint density at radius 1 is 1.47 bits per heavy atom. The van der Waals surface area contributed by atoms with Crippen molar-refractivity contribution in [1.29, 1.82) is 0 Å². The number of halogens is 1. The Kier molecular flexibility index (Phi) is 4.59. The fourth-order valence-electron chi connectivity index (χ4n) is 1.21. The number of alkyl halides is 1. The fourth-order valence-corrected chi connectivity index (χ4v) is 1.27. The molecule has 1 rings (SSSR count). The highest BCUT2D eigenvalue weighted by molar-refractivity contribution is 6.30. The van der Waals surface area contributed by atoms with E-state index < -0.39 is 5.38 Å². The number of nitrogens with one attached hydrogen (secondary N) is 1. The fraction of sp³-hybridized carbons (Fsp3) is 0.364. The molecule has 1 aromatic rings. The maximum Gasteiger partial charge on any atom is 0.238 e. The lowest BCUT2D eigenvalue weighted by Crippen LogP contribution is -2.35. The number of aliphatic hydroxyl groups is 1. The summed E-state index contributed by atoms with van der Waals surface area (Å²) in [6.07, 6.45) is 0. The third-order valence-corrected chi connectivity index (χ3v) is 2.26. The first-order valence-corrected chi connectivity index (χ1v) is 5.19. The number of rotatable bonds is 4. The summed E-state index contributed by atoms with van der Waals surface area (Å²) in [5.74, 6) is -0.278. The molecule has 0 aliphatic carbocycles. The van der Waals surface area contributed by atoms with Gasteiger partial charge in [0, 0.05) is 0 Å². The molecule has 2 atom stereocenters. The van der Waals surface area contributed by atoms with Crippen molar-refractivity contribution in [3.05, 3.63) is 35.9 Å². The molecule has 0 aliphatic heterocycles. The molecule has 1 aromatic carbocycles. The highest BCUT2D eigenvalue weighted by atomic mass is 35.5. The molecule has 0 fully saturated rings. The second-order valence-corrected chi connectivity index (χ2v) is 3.93. The number of benzene rings is 1. The summed E-state index contributed by atoms with van der Waals surface area (Å²) >= 11 is 5.62. The van der Waals surface area contributed by atoms with Crippen LogP contribution in [0, 0.1) is 0 Å². The Balaban J connectivity index is 2.69. The second kappa shape index (κ2) is 5.73. The van der Waals surface area contributed by atoms with Crippen LogP contribution in [0.1, 0.15) is 18.5 Å². The average molecular weight is 228 g/mol. The van der Waals surface area contributed by atoms with Crippen LogP contribution in [0.25, 0.3) is 0 Å². The zero-order valence-corrected chi connectivity index (χ0v) is 9.24. The van der Waals surface area contributed by atoms with Gasteiger partial charge < -0.3 is 10.4 Å². The molecule has 0 aliphatic rings. The van der Waals surface area contributed by atoms with Crippen molar-refractivity contribution < 1.29 is 9.90 Å². The van der Waals surface area contributed by atoms with Crippen LogP contribution >= 0.6 is 11.6 Å². The van der Waals surface area contributed by atoms with Gasteiger partial charge in [-0.2, -0.15) is 0 Å². The lowest BCUT2D eigenvalue weighted by Gasteiger charge is -2.17. The summed E-state index contributed by atoms with van der Waals surface area (Å²) < 4.78 is 0. The topological polar surface area (TPSA) is 49.3 Å². The zero-order chi connectivity index (χ0) is 11.3. The Hall–Kier alpha value is -1.06. The molecule has 0 aromatic heterocycles. The van der Waals surface area contributed by atoms with Crippen molar-refractivity contribution in [1.82, 2.24) is 5.32 Å². The first-order chi connectivity index (χ1) is 7.15. The highest BCUT2D eigenvalue weighted by Crippen LogP contribution is 2.12. The number of amides is 1. The van der Waals surface area contributed by atoms with Gasteiger partial charge in [0.15, 0.2) is 0 Å². The molecule has 2 N–H and O–H groups in total. The molecular weight excluding hydrogens is 214 g/mol. The summed E-state index contributed by atoms with van der Waals surface area (Å²) in [5.41, 5.74) is 0.866. The van der Waals surface area contributed by atoms with Gasteiger partial charge in [0.25, 0.3) is 0 Å². The third-order valence-electron chi connectivity index (χ3n) is 2.06. The smallest absolute Gasteiger partial charge is 0.238 e. The van der Waals surface area contributed by atoms with Crippen LogP contribution in [-0.2, 0) is 4.79 Å². The van der Waals surface area contributed by atoms with Crippen molar-refractivity contribution in [3.8, 4) is 0 Å². The van der Waals surface area contributed by atoms with E-state index in [-0.39, 0.29) is 18.6 Å². The SMILES string of the molecule is C[C@@H](Cl)C(=O)N[C@H](CO)c1ccccc1. The number of carbonyl (C=O) groups excluding carboxylic acids is 1. The highest BCUT2D eigenvalue weighted by Gasteiger charge is 2.16. The van der Waals surface area contributed by atoms with Gasteiger partial charge >= 0.3 is 0 Å². The average Bonchev–Trinajstić information content (AvgIpc) is 2.26. The van der Waals surface area contributed by atoms with Gasteiger partial charge in [-0.15, -0.1) is 11.6 Å². The molecule has 0 heterocycles. The zero-order valence-electron chi connectivity index (χ0n) is 8.48. The number of hydrogen-bond donors (Lipinski definition) is 2. The normalized spacial score (nSPS) is 14.3.